The number of hydrogen-bond acceptors (Lipinski definition) is 6. The lowest BCUT2D eigenvalue weighted by atomic mass is 9.85. The van der Waals surface area contributed by atoms with Gasteiger partial charge in [-0.3, -0.25) is 19.4 Å². The molecule has 180 valence electrons. The molecule has 34 heavy (non-hydrogen) atoms. The van der Waals surface area contributed by atoms with Gasteiger partial charge < -0.3 is 15.4 Å². The van der Waals surface area contributed by atoms with Crippen LogP contribution >= 0.6 is 0 Å². The van der Waals surface area contributed by atoms with Gasteiger partial charge in [0.1, 0.15) is 6.61 Å². The van der Waals surface area contributed by atoms with Gasteiger partial charge in [0, 0.05) is 31.3 Å². The van der Waals surface area contributed by atoms with E-state index in [2.05, 4.69) is 15.6 Å². The minimum Gasteiger partial charge on any atom is -0.445 e. The molecule has 1 aromatic heterocycles. The highest BCUT2D eigenvalue weighted by molar-refractivity contribution is 6.37. The smallest absolute Gasteiger partial charge is 0.408 e. The Morgan fingerprint density at radius 3 is 2.62 bits per heavy atom. The third-order valence-corrected chi connectivity index (χ3v) is 5.99. The Labute approximate surface area is 199 Å². The van der Waals surface area contributed by atoms with E-state index in [1.807, 2.05) is 50.2 Å². The van der Waals surface area contributed by atoms with Crippen LogP contribution in [0.2, 0.25) is 0 Å². The number of carbonyl (C=O) groups excluding carboxylic acids is 4. The molecule has 0 fully saturated rings. The van der Waals surface area contributed by atoms with Crippen molar-refractivity contribution in [3.05, 3.63) is 65.5 Å². The number of hydrogen-bond donors (Lipinski definition) is 2. The largest absolute Gasteiger partial charge is 0.445 e. The topological polar surface area (TPSA) is 114 Å². The molecule has 1 aliphatic heterocycles. The van der Waals surface area contributed by atoms with Crippen LogP contribution in [0.15, 0.2) is 48.8 Å². The van der Waals surface area contributed by atoms with Crippen molar-refractivity contribution in [2.24, 2.45) is 11.8 Å². The number of alkyl carbamates (subject to hydrolysis) is 1. The summed E-state index contributed by atoms with van der Waals surface area (Å²) in [5.74, 6) is -2.57. The maximum atomic E-state index is 13.1. The summed E-state index contributed by atoms with van der Waals surface area (Å²) in [6.07, 6.45) is 4.14. The zero-order chi connectivity index (χ0) is 24.5. The first-order chi connectivity index (χ1) is 16.3. The SMILES string of the molecule is CC(C)C(NC(=O)OCc1ccccc1)C(=O)CC1CCc2cnccc2CCNC(=O)C1=O. The summed E-state index contributed by atoms with van der Waals surface area (Å²) in [7, 11) is 0. The highest BCUT2D eigenvalue weighted by Crippen LogP contribution is 2.21. The molecule has 2 heterocycles. The molecule has 0 spiro atoms. The Morgan fingerprint density at radius 1 is 1.12 bits per heavy atom. The summed E-state index contributed by atoms with van der Waals surface area (Å²) in [6.45, 7) is 4.04. The molecule has 2 atom stereocenters. The highest BCUT2D eigenvalue weighted by Gasteiger charge is 2.32. The van der Waals surface area contributed by atoms with Gasteiger partial charge >= 0.3 is 6.09 Å². The van der Waals surface area contributed by atoms with Gasteiger partial charge in [0.2, 0.25) is 5.78 Å². The summed E-state index contributed by atoms with van der Waals surface area (Å²) in [4.78, 5) is 54.8. The number of rotatable bonds is 7. The third kappa shape index (κ3) is 6.97. The van der Waals surface area contributed by atoms with Crippen LogP contribution in [0.5, 0.6) is 0 Å². The van der Waals surface area contributed by atoms with E-state index in [-0.39, 0.29) is 24.7 Å². The molecule has 0 bridgehead atoms. The summed E-state index contributed by atoms with van der Waals surface area (Å²) in [5, 5.41) is 5.29. The zero-order valence-corrected chi connectivity index (χ0v) is 19.6. The van der Waals surface area contributed by atoms with E-state index < -0.39 is 29.7 Å². The maximum Gasteiger partial charge on any atom is 0.408 e. The second-order valence-corrected chi connectivity index (χ2v) is 8.85. The van der Waals surface area contributed by atoms with Crippen LogP contribution in [0.4, 0.5) is 4.79 Å². The monoisotopic (exact) mass is 465 g/mol. The standard InChI is InChI=1S/C26H31N3O5/c1-17(2)23(29-26(33)34-16-18-6-4-3-5-7-18)22(30)14-20-8-9-21-15-27-12-10-19(21)11-13-28-25(32)24(20)31/h3-7,10,12,15,17,20,23H,8-9,11,13-14,16H2,1-2H3,(H,28,32)(H,29,33). The summed E-state index contributed by atoms with van der Waals surface area (Å²) >= 11 is 0. The lowest BCUT2D eigenvalue weighted by Crippen LogP contribution is -2.46. The number of pyridine rings is 1. The molecule has 1 aliphatic rings. The van der Waals surface area contributed by atoms with Gasteiger partial charge in [-0.1, -0.05) is 44.2 Å². The number of aromatic nitrogens is 1. The second-order valence-electron chi connectivity index (χ2n) is 8.85. The average molecular weight is 466 g/mol. The minimum absolute atomic E-state index is 0.0837. The van der Waals surface area contributed by atoms with Gasteiger partial charge in [-0.2, -0.15) is 0 Å². The van der Waals surface area contributed by atoms with Crippen LogP contribution < -0.4 is 10.6 Å². The molecule has 0 saturated heterocycles. The fourth-order valence-corrected chi connectivity index (χ4v) is 4.04. The Balaban J connectivity index is 1.66. The molecule has 2 N–H and O–H groups in total. The van der Waals surface area contributed by atoms with Crippen LogP contribution in [-0.4, -0.2) is 41.1 Å². The molecule has 2 unspecified atom stereocenters. The highest BCUT2D eigenvalue weighted by atomic mass is 16.5. The average Bonchev–Trinajstić information content (AvgIpc) is 2.83. The number of fused-ring (bicyclic) bond motifs is 1. The van der Waals surface area contributed by atoms with Crippen molar-refractivity contribution in [1.82, 2.24) is 15.6 Å². The summed E-state index contributed by atoms with van der Waals surface area (Å²) in [6, 6.07) is 10.3. The molecule has 0 radical (unpaired) electrons. The zero-order valence-electron chi connectivity index (χ0n) is 19.6. The molecular weight excluding hydrogens is 434 g/mol. The van der Waals surface area contributed by atoms with Crippen molar-refractivity contribution < 1.29 is 23.9 Å². The van der Waals surface area contributed by atoms with Crippen molar-refractivity contribution in [1.29, 1.82) is 0 Å². The Morgan fingerprint density at radius 2 is 1.88 bits per heavy atom. The van der Waals surface area contributed by atoms with E-state index in [0.717, 1.165) is 16.7 Å². The predicted octanol–water partition coefficient (Wildman–Crippen LogP) is 2.78. The number of nitrogens with one attached hydrogen (secondary N) is 2. The van der Waals surface area contributed by atoms with Gasteiger partial charge in [-0.15, -0.1) is 0 Å². The van der Waals surface area contributed by atoms with Crippen molar-refractivity contribution in [3.63, 3.8) is 0 Å². The van der Waals surface area contributed by atoms with Gasteiger partial charge in [0.05, 0.1) is 6.04 Å². The maximum absolute atomic E-state index is 13.1. The van der Waals surface area contributed by atoms with Crippen molar-refractivity contribution in [2.45, 2.75) is 52.2 Å². The van der Waals surface area contributed by atoms with Crippen molar-refractivity contribution >= 4 is 23.6 Å². The fraction of sp³-hybridized carbons (Fsp3) is 0.423. The van der Waals surface area contributed by atoms with Gasteiger partial charge in [0.25, 0.3) is 5.91 Å². The fourth-order valence-electron chi connectivity index (χ4n) is 4.04. The minimum atomic E-state index is -0.830. The van der Waals surface area contributed by atoms with Gasteiger partial charge in [-0.25, -0.2) is 4.79 Å². The van der Waals surface area contributed by atoms with Crippen LogP contribution in [0.1, 0.15) is 43.4 Å². The number of ether oxygens (including phenoxy) is 1. The first-order valence-corrected chi connectivity index (χ1v) is 11.6. The number of nitrogens with zero attached hydrogens (tertiary/aromatic N) is 1. The summed E-state index contributed by atoms with van der Waals surface area (Å²) < 4.78 is 5.25. The molecule has 1 aromatic carbocycles. The van der Waals surface area contributed by atoms with E-state index in [9.17, 15) is 19.2 Å². The van der Waals surface area contributed by atoms with E-state index in [1.165, 1.54) is 0 Å². The van der Waals surface area contributed by atoms with Crippen LogP contribution in [0.25, 0.3) is 0 Å². The van der Waals surface area contributed by atoms with Crippen molar-refractivity contribution in [3.8, 4) is 0 Å². The Bertz CT molecular complexity index is 1020. The van der Waals surface area contributed by atoms with Gasteiger partial charge in [-0.05, 0) is 47.9 Å². The Hall–Kier alpha value is -3.55. The molecule has 8 nitrogen and oxygen atoms in total. The third-order valence-electron chi connectivity index (χ3n) is 5.99. The second kappa shape index (κ2) is 12.1. The number of aryl methyl sites for hydroxylation is 1. The van der Waals surface area contributed by atoms with E-state index >= 15 is 0 Å². The molecule has 8 heteroatoms. The lowest BCUT2D eigenvalue weighted by molar-refractivity contribution is -0.141. The van der Waals surface area contributed by atoms with E-state index in [0.29, 0.717) is 25.8 Å². The van der Waals surface area contributed by atoms with Crippen LogP contribution in [0, 0.1) is 11.8 Å². The van der Waals surface area contributed by atoms with Crippen molar-refractivity contribution in [2.75, 3.05) is 6.54 Å². The molecular formula is C26H31N3O5. The number of amides is 2. The molecule has 2 amide bonds. The summed E-state index contributed by atoms with van der Waals surface area (Å²) in [5.41, 5.74) is 2.91. The molecule has 3 rings (SSSR count). The predicted molar refractivity (Wildman–Crippen MR) is 126 cm³/mol. The molecule has 0 saturated carbocycles. The van der Waals surface area contributed by atoms with E-state index in [4.69, 9.17) is 4.74 Å². The first-order valence-electron chi connectivity index (χ1n) is 11.6. The van der Waals surface area contributed by atoms with Crippen LogP contribution in [0.3, 0.4) is 0 Å². The molecule has 2 aromatic rings. The van der Waals surface area contributed by atoms with Crippen LogP contribution in [-0.2, 0) is 38.6 Å². The number of benzene rings is 1. The Kier molecular flexibility index (Phi) is 8.90. The first kappa shape index (κ1) is 25.1. The normalized spacial score (nSPS) is 17.3. The number of Topliss-reactive ketones (excluding diaryl/α,β-unsaturated/α-hetero) is 2. The lowest BCUT2D eigenvalue weighted by Gasteiger charge is -2.24. The van der Waals surface area contributed by atoms with E-state index in [1.54, 1.807) is 12.4 Å². The molecule has 0 aliphatic carbocycles. The number of carbonyl (C=O) groups is 4. The quantitative estimate of drug-likeness (QED) is 0.608. The van der Waals surface area contributed by atoms with Gasteiger partial charge in [0.15, 0.2) is 5.78 Å². The number of ketones is 2.